The van der Waals surface area contributed by atoms with Crippen molar-refractivity contribution in [3.05, 3.63) is 71.3 Å². The minimum Gasteiger partial charge on any atom is -0.496 e. The van der Waals surface area contributed by atoms with E-state index in [1.165, 1.54) is 16.5 Å². The lowest BCUT2D eigenvalue weighted by molar-refractivity contribution is 0.415. The van der Waals surface area contributed by atoms with Gasteiger partial charge < -0.3 is 4.74 Å². The molecule has 0 fully saturated rings. The summed E-state index contributed by atoms with van der Waals surface area (Å²) >= 11 is 0. The van der Waals surface area contributed by atoms with Crippen molar-refractivity contribution >= 4 is 22.7 Å². The Kier molecular flexibility index (Phi) is 3.92. The molecular weight excluding hydrogens is 270 g/mol. The van der Waals surface area contributed by atoms with Gasteiger partial charge in [-0.2, -0.15) is 0 Å². The SMILES string of the molecule is COc1ccc2ccccc2c1C=Nc1cc(C)ccc1C. The topological polar surface area (TPSA) is 21.6 Å². The lowest BCUT2D eigenvalue weighted by atomic mass is 10.0. The van der Waals surface area contributed by atoms with Crippen molar-refractivity contribution < 1.29 is 4.74 Å². The van der Waals surface area contributed by atoms with Crippen LogP contribution in [-0.2, 0) is 0 Å². The highest BCUT2D eigenvalue weighted by Gasteiger charge is 2.06. The summed E-state index contributed by atoms with van der Waals surface area (Å²) in [5, 5.41) is 2.33. The van der Waals surface area contributed by atoms with Gasteiger partial charge in [0.15, 0.2) is 0 Å². The van der Waals surface area contributed by atoms with Crippen LogP contribution in [0.3, 0.4) is 0 Å². The predicted molar refractivity (Wildman–Crippen MR) is 93.7 cm³/mol. The second-order valence-electron chi connectivity index (χ2n) is 5.45. The maximum absolute atomic E-state index is 5.50. The molecule has 0 spiro atoms. The third-order valence-corrected chi connectivity index (χ3v) is 3.85. The van der Waals surface area contributed by atoms with Crippen molar-refractivity contribution in [3.8, 4) is 5.75 Å². The number of hydrogen-bond acceptors (Lipinski definition) is 2. The van der Waals surface area contributed by atoms with E-state index < -0.39 is 0 Å². The van der Waals surface area contributed by atoms with Crippen LogP contribution < -0.4 is 4.74 Å². The number of methoxy groups -OCH3 is 1. The molecule has 3 aromatic carbocycles. The van der Waals surface area contributed by atoms with Gasteiger partial charge in [0.25, 0.3) is 0 Å². The summed E-state index contributed by atoms with van der Waals surface area (Å²) in [4.78, 5) is 4.69. The van der Waals surface area contributed by atoms with Crippen LogP contribution in [0, 0.1) is 13.8 Å². The van der Waals surface area contributed by atoms with E-state index in [9.17, 15) is 0 Å². The molecule has 0 saturated heterocycles. The fraction of sp³-hybridized carbons (Fsp3) is 0.150. The third kappa shape index (κ3) is 2.73. The Morgan fingerprint density at radius 1 is 0.955 bits per heavy atom. The largest absolute Gasteiger partial charge is 0.496 e. The lowest BCUT2D eigenvalue weighted by Crippen LogP contribution is -1.92. The molecule has 0 saturated carbocycles. The molecule has 0 heterocycles. The molecule has 2 heteroatoms. The molecule has 2 nitrogen and oxygen atoms in total. The Bertz CT molecular complexity index is 849. The Morgan fingerprint density at radius 2 is 1.77 bits per heavy atom. The van der Waals surface area contributed by atoms with Gasteiger partial charge >= 0.3 is 0 Å². The predicted octanol–water partition coefficient (Wildman–Crippen LogP) is 5.22. The van der Waals surface area contributed by atoms with Crippen LogP contribution in [0.4, 0.5) is 5.69 Å². The van der Waals surface area contributed by atoms with Gasteiger partial charge in [-0.15, -0.1) is 0 Å². The minimum absolute atomic E-state index is 0.841. The van der Waals surface area contributed by atoms with Crippen LogP contribution in [-0.4, -0.2) is 13.3 Å². The molecule has 0 aromatic heterocycles. The summed E-state index contributed by atoms with van der Waals surface area (Å²) in [6.07, 6.45) is 1.91. The Balaban J connectivity index is 2.13. The van der Waals surface area contributed by atoms with Gasteiger partial charge in [-0.1, -0.05) is 42.5 Å². The molecule has 0 atom stereocenters. The van der Waals surface area contributed by atoms with Gasteiger partial charge in [-0.25, -0.2) is 0 Å². The summed E-state index contributed by atoms with van der Waals surface area (Å²) in [6, 6.07) is 18.7. The van der Waals surface area contributed by atoms with Gasteiger partial charge in [0.1, 0.15) is 5.75 Å². The van der Waals surface area contributed by atoms with Crippen molar-refractivity contribution in [1.29, 1.82) is 0 Å². The molecule has 0 unspecified atom stereocenters. The number of aryl methyl sites for hydroxylation is 2. The van der Waals surface area contributed by atoms with Gasteiger partial charge in [-0.05, 0) is 47.9 Å². The van der Waals surface area contributed by atoms with Crippen molar-refractivity contribution in [2.45, 2.75) is 13.8 Å². The lowest BCUT2D eigenvalue weighted by Gasteiger charge is -2.09. The first-order valence-corrected chi connectivity index (χ1v) is 7.36. The standard InChI is InChI=1S/C20H19NO/c1-14-8-9-15(2)19(12-14)21-13-18-17-7-5-4-6-16(17)10-11-20(18)22-3/h4-13H,1-3H3. The highest BCUT2D eigenvalue weighted by molar-refractivity contribution is 6.03. The molecule has 0 bridgehead atoms. The highest BCUT2D eigenvalue weighted by Crippen LogP contribution is 2.27. The molecule has 0 aliphatic heterocycles. The van der Waals surface area contributed by atoms with Crippen LogP contribution in [0.15, 0.2) is 59.6 Å². The molecule has 0 radical (unpaired) electrons. The number of aliphatic imine (C=N–C) groups is 1. The molecule has 3 rings (SSSR count). The van der Waals surface area contributed by atoms with Crippen LogP contribution in [0.25, 0.3) is 10.8 Å². The molecule has 0 aliphatic carbocycles. The average molecular weight is 289 g/mol. The van der Waals surface area contributed by atoms with Crippen LogP contribution in [0.1, 0.15) is 16.7 Å². The van der Waals surface area contributed by atoms with Crippen molar-refractivity contribution in [1.82, 2.24) is 0 Å². The first kappa shape index (κ1) is 14.3. The maximum Gasteiger partial charge on any atom is 0.128 e. The van der Waals surface area contributed by atoms with Crippen LogP contribution in [0.5, 0.6) is 5.75 Å². The van der Waals surface area contributed by atoms with E-state index in [1.807, 2.05) is 24.4 Å². The van der Waals surface area contributed by atoms with E-state index >= 15 is 0 Å². The number of fused-ring (bicyclic) bond motifs is 1. The number of rotatable bonds is 3. The molecule has 0 aliphatic rings. The number of benzene rings is 3. The van der Waals surface area contributed by atoms with E-state index in [4.69, 9.17) is 9.73 Å². The zero-order valence-electron chi connectivity index (χ0n) is 13.1. The summed E-state index contributed by atoms with van der Waals surface area (Å²) in [5.41, 5.74) is 4.39. The number of ether oxygens (including phenoxy) is 1. The van der Waals surface area contributed by atoms with Crippen molar-refractivity contribution in [2.24, 2.45) is 4.99 Å². The maximum atomic E-state index is 5.50. The van der Waals surface area contributed by atoms with Crippen LogP contribution in [0.2, 0.25) is 0 Å². The number of nitrogens with zero attached hydrogens (tertiary/aromatic N) is 1. The second kappa shape index (κ2) is 6.02. The molecule has 110 valence electrons. The smallest absolute Gasteiger partial charge is 0.128 e. The second-order valence-corrected chi connectivity index (χ2v) is 5.45. The Hall–Kier alpha value is -2.61. The Labute approximate surface area is 131 Å². The fourth-order valence-electron chi connectivity index (χ4n) is 2.58. The fourth-order valence-corrected chi connectivity index (χ4v) is 2.58. The van der Waals surface area contributed by atoms with Gasteiger partial charge in [0, 0.05) is 11.8 Å². The van der Waals surface area contributed by atoms with E-state index in [0.29, 0.717) is 0 Å². The minimum atomic E-state index is 0.841. The molecular formula is C20H19NO. The van der Waals surface area contributed by atoms with Gasteiger partial charge in [0.05, 0.1) is 12.8 Å². The van der Waals surface area contributed by atoms with Gasteiger partial charge in [-0.3, -0.25) is 4.99 Å². The van der Waals surface area contributed by atoms with Crippen LogP contribution >= 0.6 is 0 Å². The summed E-state index contributed by atoms with van der Waals surface area (Å²) in [7, 11) is 1.69. The first-order valence-electron chi connectivity index (χ1n) is 7.36. The molecule has 0 N–H and O–H groups in total. The van der Waals surface area contributed by atoms with E-state index in [2.05, 4.69) is 50.2 Å². The van der Waals surface area contributed by atoms with Gasteiger partial charge in [0.2, 0.25) is 0 Å². The summed E-state index contributed by atoms with van der Waals surface area (Å²) < 4.78 is 5.50. The monoisotopic (exact) mass is 289 g/mol. The Morgan fingerprint density at radius 3 is 2.59 bits per heavy atom. The highest BCUT2D eigenvalue weighted by atomic mass is 16.5. The van der Waals surface area contributed by atoms with Crippen molar-refractivity contribution in [2.75, 3.05) is 7.11 Å². The average Bonchev–Trinajstić information content (AvgIpc) is 2.55. The zero-order chi connectivity index (χ0) is 15.5. The molecule has 3 aromatic rings. The molecule has 22 heavy (non-hydrogen) atoms. The third-order valence-electron chi connectivity index (χ3n) is 3.85. The van der Waals surface area contributed by atoms with E-state index in [1.54, 1.807) is 7.11 Å². The molecule has 0 amide bonds. The summed E-state index contributed by atoms with van der Waals surface area (Å²) in [5.74, 6) is 0.841. The van der Waals surface area contributed by atoms with E-state index in [-0.39, 0.29) is 0 Å². The normalized spacial score (nSPS) is 11.2. The number of hydrogen-bond donors (Lipinski definition) is 0. The summed E-state index contributed by atoms with van der Waals surface area (Å²) in [6.45, 7) is 4.16. The van der Waals surface area contributed by atoms with Crippen molar-refractivity contribution in [3.63, 3.8) is 0 Å². The zero-order valence-corrected chi connectivity index (χ0v) is 13.1. The first-order chi connectivity index (χ1) is 10.7. The quantitative estimate of drug-likeness (QED) is 0.606. The van der Waals surface area contributed by atoms with E-state index in [0.717, 1.165) is 22.4 Å².